The third-order valence-corrected chi connectivity index (χ3v) is 6.48. The lowest BCUT2D eigenvalue weighted by Gasteiger charge is -2.33. The van der Waals surface area contributed by atoms with Gasteiger partial charge in [0.1, 0.15) is 23.7 Å². The molecule has 0 bridgehead atoms. The highest BCUT2D eigenvalue weighted by molar-refractivity contribution is 6.03. The van der Waals surface area contributed by atoms with Gasteiger partial charge in [-0.05, 0) is 61.3 Å². The van der Waals surface area contributed by atoms with Crippen molar-refractivity contribution in [2.75, 3.05) is 26.2 Å². The zero-order valence-electron chi connectivity index (χ0n) is 18.2. The Morgan fingerprint density at radius 3 is 2.53 bits per heavy atom. The van der Waals surface area contributed by atoms with Crippen LogP contribution in [0.3, 0.4) is 0 Å². The van der Waals surface area contributed by atoms with E-state index < -0.39 is 0 Å². The van der Waals surface area contributed by atoms with Crippen molar-refractivity contribution >= 4 is 23.5 Å². The number of hydrogen-bond acceptors (Lipinski definition) is 5. The smallest absolute Gasteiger partial charge is 0.128 e. The molecule has 3 aliphatic rings. The fourth-order valence-electron chi connectivity index (χ4n) is 4.41. The molecular formula is C25H33N3O2. The summed E-state index contributed by atoms with van der Waals surface area (Å²) in [6, 6.07) is 8.45. The predicted octanol–water partition coefficient (Wildman–Crippen LogP) is 4.63. The maximum Gasteiger partial charge on any atom is 0.128 e. The number of likely N-dealkylation sites (tertiary alicyclic amines) is 1. The number of carbonyl (C=O) groups is 1. The van der Waals surface area contributed by atoms with Gasteiger partial charge in [0.2, 0.25) is 0 Å². The summed E-state index contributed by atoms with van der Waals surface area (Å²) < 4.78 is 6.09. The van der Waals surface area contributed by atoms with Gasteiger partial charge >= 0.3 is 0 Å². The molecule has 1 fully saturated rings. The average molecular weight is 408 g/mol. The molecule has 160 valence electrons. The number of benzene rings is 1. The summed E-state index contributed by atoms with van der Waals surface area (Å²) in [5, 5.41) is 0. The van der Waals surface area contributed by atoms with Crippen LogP contribution in [0.4, 0.5) is 0 Å². The van der Waals surface area contributed by atoms with Gasteiger partial charge in [-0.2, -0.15) is 0 Å². The zero-order valence-corrected chi connectivity index (χ0v) is 18.2. The van der Waals surface area contributed by atoms with Crippen molar-refractivity contribution < 1.29 is 9.53 Å². The third kappa shape index (κ3) is 5.00. The maximum atomic E-state index is 10.9. The van der Waals surface area contributed by atoms with Crippen LogP contribution < -0.4 is 4.74 Å². The van der Waals surface area contributed by atoms with Gasteiger partial charge in [0.25, 0.3) is 0 Å². The summed E-state index contributed by atoms with van der Waals surface area (Å²) in [6.07, 6.45) is 8.40. The van der Waals surface area contributed by atoms with E-state index in [-0.39, 0.29) is 5.92 Å². The molecule has 1 saturated heterocycles. The number of aliphatic imine (C=N–C) groups is 2. The first-order valence-corrected chi connectivity index (χ1v) is 11.4. The van der Waals surface area contributed by atoms with E-state index in [0.717, 1.165) is 82.1 Å². The number of ether oxygens (including phenoxy) is 1. The SMILES string of the molecule is CC(C)C1=NCC(N2CCC(COc3ccc(C4=CCC(C=O)CC4)cc3)CC2)=N1. The molecule has 0 N–H and O–H groups in total. The number of aldehydes is 1. The molecule has 4 rings (SSSR count). The molecule has 0 saturated carbocycles. The molecule has 0 spiro atoms. The molecule has 1 aromatic rings. The molecule has 0 aromatic heterocycles. The van der Waals surface area contributed by atoms with E-state index in [1.807, 2.05) is 0 Å². The first-order valence-electron chi connectivity index (χ1n) is 11.4. The first kappa shape index (κ1) is 20.8. The molecule has 1 aromatic carbocycles. The molecule has 2 heterocycles. The summed E-state index contributed by atoms with van der Waals surface area (Å²) in [5.41, 5.74) is 2.60. The Kier molecular flexibility index (Phi) is 6.66. The molecule has 5 nitrogen and oxygen atoms in total. The second kappa shape index (κ2) is 9.59. The van der Waals surface area contributed by atoms with Crippen molar-refractivity contribution in [3.05, 3.63) is 35.9 Å². The third-order valence-electron chi connectivity index (χ3n) is 6.48. The number of piperidine rings is 1. The van der Waals surface area contributed by atoms with Gasteiger partial charge in [-0.1, -0.05) is 32.1 Å². The zero-order chi connectivity index (χ0) is 20.9. The van der Waals surface area contributed by atoms with Crippen molar-refractivity contribution in [1.82, 2.24) is 4.90 Å². The molecule has 0 radical (unpaired) electrons. The van der Waals surface area contributed by atoms with Crippen LogP contribution in [0, 0.1) is 17.8 Å². The van der Waals surface area contributed by atoms with Gasteiger partial charge < -0.3 is 14.4 Å². The van der Waals surface area contributed by atoms with Gasteiger partial charge in [-0.3, -0.25) is 4.99 Å². The fourth-order valence-corrected chi connectivity index (χ4v) is 4.41. The quantitative estimate of drug-likeness (QED) is 0.646. The number of amidine groups is 2. The highest BCUT2D eigenvalue weighted by Crippen LogP contribution is 2.30. The first-order chi connectivity index (χ1) is 14.6. The fraction of sp³-hybridized carbons (Fsp3) is 0.560. The molecule has 5 heteroatoms. The second-order valence-corrected chi connectivity index (χ2v) is 9.02. The van der Waals surface area contributed by atoms with Crippen LogP contribution in [0.15, 0.2) is 40.3 Å². The summed E-state index contributed by atoms with van der Waals surface area (Å²) in [4.78, 5) is 22.6. The Morgan fingerprint density at radius 1 is 1.17 bits per heavy atom. The average Bonchev–Trinajstić information content (AvgIpc) is 3.29. The summed E-state index contributed by atoms with van der Waals surface area (Å²) in [5.74, 6) is 4.28. The van der Waals surface area contributed by atoms with Crippen molar-refractivity contribution in [3.8, 4) is 5.75 Å². The molecular weight excluding hydrogens is 374 g/mol. The van der Waals surface area contributed by atoms with Crippen molar-refractivity contribution in [1.29, 1.82) is 0 Å². The maximum absolute atomic E-state index is 10.9. The Balaban J connectivity index is 1.22. The van der Waals surface area contributed by atoms with Crippen molar-refractivity contribution in [2.45, 2.75) is 46.0 Å². The van der Waals surface area contributed by atoms with E-state index in [4.69, 9.17) is 9.73 Å². The number of carbonyl (C=O) groups excluding carboxylic acids is 1. The largest absolute Gasteiger partial charge is 0.493 e. The Morgan fingerprint density at radius 2 is 1.93 bits per heavy atom. The van der Waals surface area contributed by atoms with E-state index in [1.54, 1.807) is 0 Å². The lowest BCUT2D eigenvalue weighted by atomic mass is 9.87. The molecule has 1 atom stereocenters. The highest BCUT2D eigenvalue weighted by Gasteiger charge is 2.24. The van der Waals surface area contributed by atoms with E-state index in [0.29, 0.717) is 11.8 Å². The van der Waals surface area contributed by atoms with Gasteiger partial charge in [0.15, 0.2) is 0 Å². The van der Waals surface area contributed by atoms with Crippen LogP contribution in [0.25, 0.3) is 5.57 Å². The van der Waals surface area contributed by atoms with Crippen LogP contribution in [-0.4, -0.2) is 49.1 Å². The minimum absolute atomic E-state index is 0.202. The minimum Gasteiger partial charge on any atom is -0.493 e. The minimum atomic E-state index is 0.202. The molecule has 2 aliphatic heterocycles. The molecule has 0 amide bonds. The van der Waals surface area contributed by atoms with Crippen molar-refractivity contribution in [3.63, 3.8) is 0 Å². The number of nitrogens with zero attached hydrogens (tertiary/aromatic N) is 3. The van der Waals surface area contributed by atoms with Gasteiger partial charge in [0.05, 0.1) is 13.2 Å². The predicted molar refractivity (Wildman–Crippen MR) is 122 cm³/mol. The molecule has 30 heavy (non-hydrogen) atoms. The van der Waals surface area contributed by atoms with Gasteiger partial charge in [-0.15, -0.1) is 0 Å². The summed E-state index contributed by atoms with van der Waals surface area (Å²) in [6.45, 7) is 7.91. The van der Waals surface area contributed by atoms with Crippen LogP contribution in [0.5, 0.6) is 5.75 Å². The monoisotopic (exact) mass is 407 g/mol. The van der Waals surface area contributed by atoms with Gasteiger partial charge in [0, 0.05) is 24.9 Å². The van der Waals surface area contributed by atoms with E-state index in [2.05, 4.69) is 54.1 Å². The molecule has 1 aliphatic carbocycles. The Labute approximate surface area is 179 Å². The Hall–Kier alpha value is -2.43. The number of rotatable bonds is 6. The lowest BCUT2D eigenvalue weighted by molar-refractivity contribution is -0.111. The van der Waals surface area contributed by atoms with E-state index in [9.17, 15) is 4.79 Å². The molecule has 1 unspecified atom stereocenters. The summed E-state index contributed by atoms with van der Waals surface area (Å²) in [7, 11) is 0. The summed E-state index contributed by atoms with van der Waals surface area (Å²) >= 11 is 0. The Bertz CT molecular complexity index is 830. The topological polar surface area (TPSA) is 54.3 Å². The van der Waals surface area contributed by atoms with Crippen molar-refractivity contribution in [2.24, 2.45) is 27.7 Å². The normalized spacial score (nSPS) is 22.6. The lowest BCUT2D eigenvalue weighted by Crippen LogP contribution is -2.40. The van der Waals surface area contributed by atoms with Crippen LogP contribution in [0.2, 0.25) is 0 Å². The standard InChI is InChI=1S/C25H33N3O2/c1-18(2)25-26-15-24(27-25)28-13-11-20(12-14-28)17-30-23-9-7-22(8-10-23)21-5-3-19(16-29)4-6-21/h5,7-10,16,18-20H,3-4,6,11-15,17H2,1-2H3. The van der Waals surface area contributed by atoms with E-state index in [1.165, 1.54) is 11.1 Å². The highest BCUT2D eigenvalue weighted by atomic mass is 16.5. The van der Waals surface area contributed by atoms with Crippen LogP contribution >= 0.6 is 0 Å². The van der Waals surface area contributed by atoms with Crippen LogP contribution in [-0.2, 0) is 4.79 Å². The number of allylic oxidation sites excluding steroid dienone is 2. The van der Waals surface area contributed by atoms with Crippen LogP contribution in [0.1, 0.15) is 51.5 Å². The van der Waals surface area contributed by atoms with E-state index >= 15 is 0 Å². The number of hydrogen-bond donors (Lipinski definition) is 0. The second-order valence-electron chi connectivity index (χ2n) is 9.02. The van der Waals surface area contributed by atoms with Gasteiger partial charge in [-0.25, -0.2) is 4.99 Å².